The number of nitrogens with one attached hydrogen (secondary N) is 1. The van der Waals surface area contributed by atoms with Crippen LogP contribution >= 0.6 is 0 Å². The van der Waals surface area contributed by atoms with Gasteiger partial charge in [-0.2, -0.15) is 5.10 Å². The van der Waals surface area contributed by atoms with Crippen LogP contribution < -0.4 is 0 Å². The number of hydrogen-bond donors (Lipinski definition) is 1. The lowest BCUT2D eigenvalue weighted by molar-refractivity contribution is 0.497. The standard InChI is InChI=1S/C12H21N3/c1-9(2)12-13-11(14-15-12)8-7-10-5-3-4-6-10/h9-10H,3-8H2,1-2H3,(H,13,14,15). The molecular weight excluding hydrogens is 186 g/mol. The molecule has 1 aliphatic rings. The van der Waals surface area contributed by atoms with Crippen molar-refractivity contribution in [3.8, 4) is 0 Å². The number of aryl methyl sites for hydroxylation is 1. The van der Waals surface area contributed by atoms with E-state index in [1.165, 1.54) is 32.1 Å². The highest BCUT2D eigenvalue weighted by molar-refractivity contribution is 4.95. The molecule has 0 aromatic carbocycles. The minimum atomic E-state index is 0.432. The summed E-state index contributed by atoms with van der Waals surface area (Å²) < 4.78 is 0. The summed E-state index contributed by atoms with van der Waals surface area (Å²) in [5.74, 6) is 3.40. The van der Waals surface area contributed by atoms with E-state index in [2.05, 4.69) is 29.0 Å². The van der Waals surface area contributed by atoms with Gasteiger partial charge in [0.15, 0.2) is 5.82 Å². The van der Waals surface area contributed by atoms with Crippen molar-refractivity contribution in [3.05, 3.63) is 11.6 Å². The molecule has 1 heterocycles. The smallest absolute Gasteiger partial charge is 0.153 e. The predicted molar refractivity (Wildman–Crippen MR) is 60.8 cm³/mol. The fraction of sp³-hybridized carbons (Fsp3) is 0.833. The molecule has 1 fully saturated rings. The van der Waals surface area contributed by atoms with Crippen LogP contribution in [0.5, 0.6) is 0 Å². The summed E-state index contributed by atoms with van der Waals surface area (Å²) in [7, 11) is 0. The van der Waals surface area contributed by atoms with E-state index >= 15 is 0 Å². The lowest BCUT2D eigenvalue weighted by Gasteiger charge is -2.05. The molecule has 0 spiro atoms. The van der Waals surface area contributed by atoms with Crippen LogP contribution in [0, 0.1) is 5.92 Å². The molecule has 1 N–H and O–H groups in total. The Morgan fingerprint density at radius 1 is 1.33 bits per heavy atom. The lowest BCUT2D eigenvalue weighted by atomic mass is 10.0. The Balaban J connectivity index is 1.82. The molecule has 0 atom stereocenters. The number of nitrogens with zero attached hydrogens (tertiary/aromatic N) is 2. The van der Waals surface area contributed by atoms with Gasteiger partial charge >= 0.3 is 0 Å². The van der Waals surface area contributed by atoms with E-state index in [0.717, 1.165) is 24.0 Å². The highest BCUT2D eigenvalue weighted by Gasteiger charge is 2.15. The molecule has 84 valence electrons. The molecule has 0 amide bonds. The molecule has 0 saturated heterocycles. The highest BCUT2D eigenvalue weighted by atomic mass is 15.2. The molecular formula is C12H21N3. The zero-order chi connectivity index (χ0) is 10.7. The van der Waals surface area contributed by atoms with E-state index in [0.29, 0.717) is 5.92 Å². The molecule has 1 saturated carbocycles. The SMILES string of the molecule is CC(C)c1n[nH]c(CCC2CCCC2)n1. The van der Waals surface area contributed by atoms with Crippen molar-refractivity contribution in [2.24, 2.45) is 5.92 Å². The van der Waals surface area contributed by atoms with Crippen LogP contribution in [0.3, 0.4) is 0 Å². The molecule has 1 aromatic heterocycles. The quantitative estimate of drug-likeness (QED) is 0.824. The van der Waals surface area contributed by atoms with Crippen molar-refractivity contribution >= 4 is 0 Å². The predicted octanol–water partition coefficient (Wildman–Crippen LogP) is 3.05. The van der Waals surface area contributed by atoms with Crippen molar-refractivity contribution in [2.75, 3.05) is 0 Å². The first-order chi connectivity index (χ1) is 7.25. The fourth-order valence-electron chi connectivity index (χ4n) is 2.32. The van der Waals surface area contributed by atoms with Gasteiger partial charge in [0.2, 0.25) is 0 Å². The molecule has 3 heteroatoms. The van der Waals surface area contributed by atoms with Gasteiger partial charge in [0.25, 0.3) is 0 Å². The van der Waals surface area contributed by atoms with Crippen molar-refractivity contribution in [1.29, 1.82) is 0 Å². The van der Waals surface area contributed by atoms with Crippen LogP contribution in [0.25, 0.3) is 0 Å². The number of aromatic amines is 1. The van der Waals surface area contributed by atoms with Gasteiger partial charge in [-0.1, -0.05) is 39.5 Å². The maximum atomic E-state index is 4.50. The summed E-state index contributed by atoms with van der Waals surface area (Å²) in [6.07, 6.45) is 8.06. The first-order valence-corrected chi connectivity index (χ1v) is 6.17. The van der Waals surface area contributed by atoms with Gasteiger partial charge in [0, 0.05) is 12.3 Å². The second-order valence-electron chi connectivity index (χ2n) is 4.98. The van der Waals surface area contributed by atoms with E-state index < -0.39 is 0 Å². The molecule has 0 bridgehead atoms. The Labute approximate surface area is 91.7 Å². The van der Waals surface area contributed by atoms with Gasteiger partial charge in [-0.3, -0.25) is 5.10 Å². The van der Waals surface area contributed by atoms with E-state index in [1.807, 2.05) is 0 Å². The largest absolute Gasteiger partial charge is 0.263 e. The summed E-state index contributed by atoms with van der Waals surface area (Å²) in [6.45, 7) is 4.26. The van der Waals surface area contributed by atoms with Crippen LogP contribution in [-0.4, -0.2) is 15.2 Å². The zero-order valence-electron chi connectivity index (χ0n) is 9.79. The molecule has 1 aromatic rings. The van der Waals surface area contributed by atoms with E-state index in [-0.39, 0.29) is 0 Å². The average Bonchev–Trinajstić information content (AvgIpc) is 2.86. The number of H-pyrrole nitrogens is 1. The Kier molecular flexibility index (Phi) is 3.39. The number of rotatable bonds is 4. The maximum absolute atomic E-state index is 4.50. The van der Waals surface area contributed by atoms with Gasteiger partial charge in [-0.15, -0.1) is 0 Å². The van der Waals surface area contributed by atoms with Crippen LogP contribution in [0.4, 0.5) is 0 Å². The molecule has 2 rings (SSSR count). The minimum Gasteiger partial charge on any atom is -0.263 e. The third-order valence-corrected chi connectivity index (χ3v) is 3.33. The van der Waals surface area contributed by atoms with Gasteiger partial charge < -0.3 is 0 Å². The molecule has 0 radical (unpaired) electrons. The fourth-order valence-corrected chi connectivity index (χ4v) is 2.32. The maximum Gasteiger partial charge on any atom is 0.153 e. The van der Waals surface area contributed by atoms with Crippen molar-refractivity contribution in [2.45, 2.75) is 58.3 Å². The van der Waals surface area contributed by atoms with Crippen molar-refractivity contribution in [3.63, 3.8) is 0 Å². The minimum absolute atomic E-state index is 0.432. The summed E-state index contributed by atoms with van der Waals surface area (Å²) in [4.78, 5) is 4.50. The van der Waals surface area contributed by atoms with Gasteiger partial charge in [-0.05, 0) is 12.3 Å². The number of aromatic nitrogens is 3. The Hall–Kier alpha value is -0.860. The number of hydrogen-bond acceptors (Lipinski definition) is 2. The van der Waals surface area contributed by atoms with E-state index in [9.17, 15) is 0 Å². The Morgan fingerprint density at radius 2 is 2.07 bits per heavy atom. The van der Waals surface area contributed by atoms with Crippen LogP contribution in [0.15, 0.2) is 0 Å². The molecule has 15 heavy (non-hydrogen) atoms. The van der Waals surface area contributed by atoms with Crippen molar-refractivity contribution in [1.82, 2.24) is 15.2 Å². The Bertz CT molecular complexity index is 298. The molecule has 0 aliphatic heterocycles. The summed E-state index contributed by atoms with van der Waals surface area (Å²) in [6, 6.07) is 0. The third-order valence-electron chi connectivity index (χ3n) is 3.33. The van der Waals surface area contributed by atoms with Gasteiger partial charge in [0.05, 0.1) is 0 Å². The summed E-state index contributed by atoms with van der Waals surface area (Å²) >= 11 is 0. The van der Waals surface area contributed by atoms with Crippen LogP contribution in [-0.2, 0) is 6.42 Å². The van der Waals surface area contributed by atoms with E-state index in [4.69, 9.17) is 0 Å². The Morgan fingerprint density at radius 3 is 2.67 bits per heavy atom. The second-order valence-corrected chi connectivity index (χ2v) is 4.98. The average molecular weight is 207 g/mol. The topological polar surface area (TPSA) is 41.6 Å². The highest BCUT2D eigenvalue weighted by Crippen LogP contribution is 2.28. The second kappa shape index (κ2) is 4.77. The van der Waals surface area contributed by atoms with E-state index in [1.54, 1.807) is 0 Å². The first-order valence-electron chi connectivity index (χ1n) is 6.17. The van der Waals surface area contributed by atoms with Crippen molar-refractivity contribution < 1.29 is 0 Å². The first kappa shape index (κ1) is 10.7. The summed E-state index contributed by atoms with van der Waals surface area (Å²) in [5, 5.41) is 7.27. The zero-order valence-corrected chi connectivity index (χ0v) is 9.79. The lowest BCUT2D eigenvalue weighted by Crippen LogP contribution is -1.98. The summed E-state index contributed by atoms with van der Waals surface area (Å²) in [5.41, 5.74) is 0. The monoisotopic (exact) mass is 207 g/mol. The van der Waals surface area contributed by atoms with Gasteiger partial charge in [-0.25, -0.2) is 4.98 Å². The third kappa shape index (κ3) is 2.80. The molecule has 0 unspecified atom stereocenters. The van der Waals surface area contributed by atoms with Gasteiger partial charge in [0.1, 0.15) is 5.82 Å². The molecule has 1 aliphatic carbocycles. The van der Waals surface area contributed by atoms with Crippen LogP contribution in [0.2, 0.25) is 0 Å². The molecule has 3 nitrogen and oxygen atoms in total. The van der Waals surface area contributed by atoms with Crippen LogP contribution in [0.1, 0.15) is 63.5 Å². The normalized spacial score (nSPS) is 17.8.